The van der Waals surface area contributed by atoms with Gasteiger partial charge in [-0.3, -0.25) is 4.98 Å². The second kappa shape index (κ2) is 3.24. The van der Waals surface area contributed by atoms with Crippen LogP contribution in [0.25, 0.3) is 11.1 Å². The summed E-state index contributed by atoms with van der Waals surface area (Å²) in [4.78, 5) is 6.50. The summed E-state index contributed by atoms with van der Waals surface area (Å²) in [5.41, 5.74) is 8.78. The summed E-state index contributed by atoms with van der Waals surface area (Å²) >= 11 is 0. The number of nitrogens with two attached hydrogens (primary N) is 1. The van der Waals surface area contributed by atoms with Crippen LogP contribution in [0.4, 0.5) is 5.69 Å². The standard InChI is InChI=1S/C11H13N3O/c12-11-2-1-4-14(11)8-6-10-9(13-7-8)3-5-15-10/h3,5-7,11H,1-2,4,12H2. The van der Waals surface area contributed by atoms with Gasteiger partial charge in [-0.1, -0.05) is 0 Å². The number of aromatic nitrogens is 1. The second-order valence-electron chi connectivity index (χ2n) is 3.90. The molecule has 2 N–H and O–H groups in total. The van der Waals surface area contributed by atoms with Gasteiger partial charge in [0.05, 0.1) is 24.3 Å². The summed E-state index contributed by atoms with van der Waals surface area (Å²) in [6.07, 6.45) is 5.85. The average Bonchev–Trinajstić information content (AvgIpc) is 2.84. The molecular weight excluding hydrogens is 190 g/mol. The maximum atomic E-state index is 6.00. The second-order valence-corrected chi connectivity index (χ2v) is 3.90. The Hall–Kier alpha value is -1.55. The van der Waals surface area contributed by atoms with Crippen LogP contribution in [0.5, 0.6) is 0 Å². The maximum Gasteiger partial charge on any atom is 0.154 e. The van der Waals surface area contributed by atoms with E-state index in [0.29, 0.717) is 0 Å². The van der Waals surface area contributed by atoms with Gasteiger partial charge < -0.3 is 15.1 Å². The molecule has 78 valence electrons. The molecule has 0 saturated carbocycles. The molecule has 0 amide bonds. The van der Waals surface area contributed by atoms with Gasteiger partial charge in [0, 0.05) is 18.7 Å². The van der Waals surface area contributed by atoms with E-state index in [9.17, 15) is 0 Å². The lowest BCUT2D eigenvalue weighted by molar-refractivity contribution is 0.614. The van der Waals surface area contributed by atoms with Crippen molar-refractivity contribution >= 4 is 16.8 Å². The van der Waals surface area contributed by atoms with Gasteiger partial charge in [-0.25, -0.2) is 0 Å². The van der Waals surface area contributed by atoms with Crippen molar-refractivity contribution < 1.29 is 4.42 Å². The van der Waals surface area contributed by atoms with Crippen LogP contribution in [0.1, 0.15) is 12.8 Å². The molecule has 0 radical (unpaired) electrons. The largest absolute Gasteiger partial charge is 0.463 e. The molecule has 0 aliphatic carbocycles. The summed E-state index contributed by atoms with van der Waals surface area (Å²) < 4.78 is 5.32. The highest BCUT2D eigenvalue weighted by molar-refractivity contribution is 5.76. The van der Waals surface area contributed by atoms with Crippen LogP contribution in [0.15, 0.2) is 29.0 Å². The summed E-state index contributed by atoms with van der Waals surface area (Å²) in [7, 11) is 0. The molecule has 1 unspecified atom stereocenters. The number of fused-ring (bicyclic) bond motifs is 1. The van der Waals surface area contributed by atoms with Crippen molar-refractivity contribution in [2.75, 3.05) is 11.4 Å². The first kappa shape index (κ1) is 8.73. The van der Waals surface area contributed by atoms with Crippen LogP contribution < -0.4 is 10.6 Å². The maximum absolute atomic E-state index is 6.00. The smallest absolute Gasteiger partial charge is 0.154 e. The number of furan rings is 1. The number of anilines is 1. The Morgan fingerprint density at radius 1 is 1.53 bits per heavy atom. The minimum absolute atomic E-state index is 0.124. The fourth-order valence-electron chi connectivity index (χ4n) is 2.11. The topological polar surface area (TPSA) is 55.3 Å². The third-order valence-corrected chi connectivity index (χ3v) is 2.92. The summed E-state index contributed by atoms with van der Waals surface area (Å²) in [5.74, 6) is 0. The van der Waals surface area contributed by atoms with Crippen molar-refractivity contribution in [3.05, 3.63) is 24.6 Å². The lowest BCUT2D eigenvalue weighted by atomic mass is 10.3. The zero-order chi connectivity index (χ0) is 10.3. The Bertz CT molecular complexity index is 479. The molecule has 1 fully saturated rings. The van der Waals surface area contributed by atoms with Crippen molar-refractivity contribution in [2.24, 2.45) is 5.73 Å². The van der Waals surface area contributed by atoms with E-state index in [0.717, 1.165) is 36.2 Å². The van der Waals surface area contributed by atoms with Crippen molar-refractivity contribution in [3.8, 4) is 0 Å². The Balaban J connectivity index is 2.03. The third kappa shape index (κ3) is 1.37. The van der Waals surface area contributed by atoms with Crippen LogP contribution in [-0.2, 0) is 0 Å². The van der Waals surface area contributed by atoms with E-state index in [1.165, 1.54) is 0 Å². The predicted molar refractivity (Wildman–Crippen MR) is 58.6 cm³/mol. The van der Waals surface area contributed by atoms with E-state index in [1.807, 2.05) is 18.3 Å². The van der Waals surface area contributed by atoms with Gasteiger partial charge in [-0.05, 0) is 12.8 Å². The molecule has 0 bridgehead atoms. The molecule has 3 rings (SSSR count). The van der Waals surface area contributed by atoms with Crippen molar-refractivity contribution in [1.29, 1.82) is 0 Å². The highest BCUT2D eigenvalue weighted by atomic mass is 16.3. The van der Waals surface area contributed by atoms with E-state index in [-0.39, 0.29) is 6.17 Å². The summed E-state index contributed by atoms with van der Waals surface area (Å²) in [6, 6.07) is 3.87. The van der Waals surface area contributed by atoms with Crippen molar-refractivity contribution in [3.63, 3.8) is 0 Å². The first-order chi connectivity index (χ1) is 7.34. The number of hydrogen-bond donors (Lipinski definition) is 1. The van der Waals surface area contributed by atoms with Gasteiger partial charge in [0.2, 0.25) is 0 Å². The molecule has 4 nitrogen and oxygen atoms in total. The van der Waals surface area contributed by atoms with Crippen molar-refractivity contribution in [1.82, 2.24) is 4.98 Å². The lowest BCUT2D eigenvalue weighted by Crippen LogP contribution is -2.36. The summed E-state index contributed by atoms with van der Waals surface area (Å²) in [6.45, 7) is 1.01. The third-order valence-electron chi connectivity index (χ3n) is 2.92. The van der Waals surface area contributed by atoms with Crippen LogP contribution in [-0.4, -0.2) is 17.7 Å². The average molecular weight is 203 g/mol. The number of pyridine rings is 1. The van der Waals surface area contributed by atoms with Gasteiger partial charge in [0.1, 0.15) is 5.52 Å². The lowest BCUT2D eigenvalue weighted by Gasteiger charge is -2.22. The molecule has 1 aliphatic heterocycles. The zero-order valence-electron chi connectivity index (χ0n) is 8.39. The molecule has 2 aromatic heterocycles. The zero-order valence-corrected chi connectivity index (χ0v) is 8.39. The fourth-order valence-corrected chi connectivity index (χ4v) is 2.11. The molecule has 2 aromatic rings. The molecule has 15 heavy (non-hydrogen) atoms. The SMILES string of the molecule is NC1CCCN1c1cnc2ccoc2c1. The first-order valence-electron chi connectivity index (χ1n) is 5.20. The Labute approximate surface area is 87.7 Å². The molecule has 1 saturated heterocycles. The first-order valence-corrected chi connectivity index (χ1v) is 5.20. The van der Waals surface area contributed by atoms with Gasteiger partial charge >= 0.3 is 0 Å². The quantitative estimate of drug-likeness (QED) is 0.766. The van der Waals surface area contributed by atoms with E-state index >= 15 is 0 Å². The summed E-state index contributed by atoms with van der Waals surface area (Å²) in [5, 5.41) is 0. The van der Waals surface area contributed by atoms with Crippen molar-refractivity contribution in [2.45, 2.75) is 19.0 Å². The molecule has 1 atom stereocenters. The minimum atomic E-state index is 0.124. The van der Waals surface area contributed by atoms with Gasteiger partial charge in [0.25, 0.3) is 0 Å². The van der Waals surface area contributed by atoms with E-state index in [2.05, 4.69) is 9.88 Å². The van der Waals surface area contributed by atoms with Crippen LogP contribution in [0.2, 0.25) is 0 Å². The molecular formula is C11H13N3O. The Morgan fingerprint density at radius 3 is 3.27 bits per heavy atom. The number of nitrogens with zero attached hydrogens (tertiary/aromatic N) is 2. The van der Waals surface area contributed by atoms with Gasteiger partial charge in [-0.2, -0.15) is 0 Å². The van der Waals surface area contributed by atoms with Crippen LogP contribution in [0, 0.1) is 0 Å². The van der Waals surface area contributed by atoms with Gasteiger partial charge in [0.15, 0.2) is 5.58 Å². The van der Waals surface area contributed by atoms with Crippen LogP contribution in [0.3, 0.4) is 0 Å². The number of hydrogen-bond acceptors (Lipinski definition) is 4. The Morgan fingerprint density at radius 2 is 2.47 bits per heavy atom. The van der Waals surface area contributed by atoms with Gasteiger partial charge in [-0.15, -0.1) is 0 Å². The van der Waals surface area contributed by atoms with Crippen LogP contribution >= 0.6 is 0 Å². The monoisotopic (exact) mass is 203 g/mol. The highest BCUT2D eigenvalue weighted by Gasteiger charge is 2.21. The Kier molecular flexibility index (Phi) is 1.89. The number of rotatable bonds is 1. The predicted octanol–water partition coefficient (Wildman–Crippen LogP) is 1.71. The molecule has 4 heteroatoms. The van der Waals surface area contributed by atoms with E-state index in [1.54, 1.807) is 6.26 Å². The highest BCUT2D eigenvalue weighted by Crippen LogP contribution is 2.25. The van der Waals surface area contributed by atoms with E-state index in [4.69, 9.17) is 10.2 Å². The fraction of sp³-hybridized carbons (Fsp3) is 0.364. The van der Waals surface area contributed by atoms with E-state index < -0.39 is 0 Å². The molecule has 0 aromatic carbocycles. The molecule has 0 spiro atoms. The minimum Gasteiger partial charge on any atom is -0.463 e. The molecule has 3 heterocycles. The normalized spacial score (nSPS) is 21.4. The molecule has 1 aliphatic rings.